The first kappa shape index (κ1) is 19.9. The summed E-state index contributed by atoms with van der Waals surface area (Å²) >= 11 is 0. The molecular weight excluding hydrogens is 392 g/mol. The lowest BCUT2D eigenvalue weighted by Crippen LogP contribution is -2.50. The van der Waals surface area contributed by atoms with Crippen molar-refractivity contribution in [3.05, 3.63) is 30.1 Å². The predicted molar refractivity (Wildman–Crippen MR) is 107 cm³/mol. The van der Waals surface area contributed by atoms with Crippen molar-refractivity contribution < 1.29 is 18.0 Å². The van der Waals surface area contributed by atoms with Gasteiger partial charge in [0.2, 0.25) is 20.9 Å². The van der Waals surface area contributed by atoms with Crippen LogP contribution in [0.4, 0.5) is 0 Å². The number of hydrogen-bond acceptors (Lipinski definition) is 5. The van der Waals surface area contributed by atoms with E-state index in [-0.39, 0.29) is 22.7 Å². The molecule has 8 nitrogen and oxygen atoms in total. The average Bonchev–Trinajstić information content (AvgIpc) is 3.35. The molecule has 0 spiro atoms. The highest BCUT2D eigenvalue weighted by atomic mass is 32.2. The van der Waals surface area contributed by atoms with Crippen LogP contribution in [-0.2, 0) is 14.6 Å². The van der Waals surface area contributed by atoms with Gasteiger partial charge in [-0.25, -0.2) is 13.4 Å². The van der Waals surface area contributed by atoms with Gasteiger partial charge in [-0.15, -0.1) is 0 Å². The minimum absolute atomic E-state index is 0.136. The molecule has 2 aromatic rings. The molecule has 1 aliphatic carbocycles. The summed E-state index contributed by atoms with van der Waals surface area (Å²) in [6.07, 6.45) is 7.99. The second kappa shape index (κ2) is 7.78. The molecule has 2 aromatic heterocycles. The minimum atomic E-state index is -3.58. The topological polar surface area (TPSA) is 92.1 Å². The molecular formula is C20H26N4O4S. The number of hydrogen-bond donors (Lipinski definition) is 0. The van der Waals surface area contributed by atoms with Gasteiger partial charge in [-0.3, -0.25) is 14.0 Å². The van der Waals surface area contributed by atoms with Gasteiger partial charge in [0.05, 0.1) is 5.52 Å². The number of rotatable bonds is 4. The number of fused-ring (bicyclic) bond motifs is 1. The van der Waals surface area contributed by atoms with E-state index in [9.17, 15) is 18.0 Å². The van der Waals surface area contributed by atoms with E-state index in [2.05, 4.69) is 4.98 Å². The van der Waals surface area contributed by atoms with Crippen molar-refractivity contribution in [3.8, 4) is 0 Å². The van der Waals surface area contributed by atoms with E-state index in [0.29, 0.717) is 44.0 Å². The molecule has 2 amide bonds. The first-order valence-electron chi connectivity index (χ1n) is 10.1. The molecule has 2 aliphatic rings. The van der Waals surface area contributed by atoms with Crippen LogP contribution >= 0.6 is 0 Å². The van der Waals surface area contributed by atoms with Crippen LogP contribution in [0.15, 0.2) is 29.6 Å². The molecule has 3 heterocycles. The second-order valence-electron chi connectivity index (χ2n) is 8.00. The minimum Gasteiger partial charge on any atom is -0.339 e. The van der Waals surface area contributed by atoms with E-state index in [1.165, 1.54) is 17.2 Å². The van der Waals surface area contributed by atoms with E-state index < -0.39 is 9.84 Å². The number of piperazine rings is 1. The van der Waals surface area contributed by atoms with Gasteiger partial charge in [-0.05, 0) is 30.9 Å². The van der Waals surface area contributed by atoms with Crippen LogP contribution in [0, 0.1) is 5.92 Å². The summed E-state index contributed by atoms with van der Waals surface area (Å²) in [5.74, 6) is 0.385. The summed E-state index contributed by atoms with van der Waals surface area (Å²) in [6.45, 7) is 1.86. The van der Waals surface area contributed by atoms with Crippen LogP contribution in [0.25, 0.3) is 5.52 Å². The first-order valence-corrected chi connectivity index (χ1v) is 12.0. The fourth-order valence-electron chi connectivity index (χ4n) is 4.33. The highest BCUT2D eigenvalue weighted by Gasteiger charge is 2.30. The summed E-state index contributed by atoms with van der Waals surface area (Å²) in [4.78, 5) is 33.2. The Morgan fingerprint density at radius 3 is 2.38 bits per heavy atom. The SMILES string of the molecule is CS(=O)(=O)c1nc(C(=O)N2CCN(C(=O)CC3CCCC3)CC2)c2ccccn12. The lowest BCUT2D eigenvalue weighted by atomic mass is 10.0. The summed E-state index contributed by atoms with van der Waals surface area (Å²) < 4.78 is 25.6. The van der Waals surface area contributed by atoms with Gasteiger partial charge in [-0.2, -0.15) is 0 Å². The fraction of sp³-hybridized carbons (Fsp3) is 0.550. The molecule has 0 aromatic carbocycles. The summed E-state index contributed by atoms with van der Waals surface area (Å²) in [7, 11) is -3.58. The van der Waals surface area contributed by atoms with Crippen LogP contribution in [0.2, 0.25) is 0 Å². The zero-order valence-corrected chi connectivity index (χ0v) is 17.4. The van der Waals surface area contributed by atoms with Crippen LogP contribution in [0.5, 0.6) is 0 Å². The third kappa shape index (κ3) is 4.01. The van der Waals surface area contributed by atoms with Crippen molar-refractivity contribution in [2.75, 3.05) is 32.4 Å². The lowest BCUT2D eigenvalue weighted by Gasteiger charge is -2.35. The summed E-state index contributed by atoms with van der Waals surface area (Å²) in [5, 5.41) is -0.137. The zero-order valence-electron chi connectivity index (χ0n) is 16.6. The van der Waals surface area contributed by atoms with E-state index in [1.807, 2.05) is 4.90 Å². The Hall–Kier alpha value is -2.42. The van der Waals surface area contributed by atoms with Crippen LogP contribution in [-0.4, -0.2) is 71.9 Å². The first-order chi connectivity index (χ1) is 13.8. The Morgan fingerprint density at radius 2 is 1.72 bits per heavy atom. The molecule has 2 fully saturated rings. The molecule has 1 aliphatic heterocycles. The van der Waals surface area contributed by atoms with Crippen LogP contribution < -0.4 is 0 Å². The van der Waals surface area contributed by atoms with Crippen molar-refractivity contribution in [2.24, 2.45) is 5.92 Å². The molecule has 29 heavy (non-hydrogen) atoms. The summed E-state index contributed by atoms with van der Waals surface area (Å²) in [6, 6.07) is 5.14. The third-order valence-electron chi connectivity index (χ3n) is 5.91. The predicted octanol–water partition coefficient (Wildman–Crippen LogP) is 1.60. The maximum Gasteiger partial charge on any atom is 0.274 e. The zero-order chi connectivity index (χ0) is 20.6. The van der Waals surface area contributed by atoms with E-state index in [4.69, 9.17) is 0 Å². The smallest absolute Gasteiger partial charge is 0.274 e. The lowest BCUT2D eigenvalue weighted by molar-refractivity contribution is -0.133. The van der Waals surface area contributed by atoms with E-state index in [1.54, 1.807) is 29.3 Å². The molecule has 0 bridgehead atoms. The Labute approximate surface area is 170 Å². The van der Waals surface area contributed by atoms with E-state index >= 15 is 0 Å². The van der Waals surface area contributed by atoms with Gasteiger partial charge in [0, 0.05) is 45.1 Å². The normalized spacial score (nSPS) is 18.5. The number of carbonyl (C=O) groups is 2. The molecule has 0 radical (unpaired) electrons. The maximum atomic E-state index is 13.1. The molecule has 4 rings (SSSR count). The molecule has 1 saturated heterocycles. The van der Waals surface area contributed by atoms with Crippen molar-refractivity contribution in [1.82, 2.24) is 19.2 Å². The van der Waals surface area contributed by atoms with Crippen molar-refractivity contribution in [2.45, 2.75) is 37.3 Å². The molecule has 9 heteroatoms. The number of imidazole rings is 1. The highest BCUT2D eigenvalue weighted by Crippen LogP contribution is 2.28. The van der Waals surface area contributed by atoms with Crippen LogP contribution in [0.1, 0.15) is 42.6 Å². The molecule has 0 unspecified atom stereocenters. The van der Waals surface area contributed by atoms with Crippen molar-refractivity contribution in [3.63, 3.8) is 0 Å². The standard InChI is InChI=1S/C20H26N4O4S/c1-29(27,28)20-21-18(16-8-4-5-9-24(16)20)19(26)23-12-10-22(11-13-23)17(25)14-15-6-2-3-7-15/h4-5,8-9,15H,2-3,6-7,10-14H2,1H3. The van der Waals surface area contributed by atoms with Gasteiger partial charge in [0.1, 0.15) is 0 Å². The number of pyridine rings is 1. The van der Waals surface area contributed by atoms with Gasteiger partial charge in [0.15, 0.2) is 5.69 Å². The molecule has 0 atom stereocenters. The quantitative estimate of drug-likeness (QED) is 0.752. The number of aromatic nitrogens is 2. The van der Waals surface area contributed by atoms with Gasteiger partial charge in [-0.1, -0.05) is 18.9 Å². The molecule has 0 N–H and O–H groups in total. The number of amides is 2. The van der Waals surface area contributed by atoms with Crippen molar-refractivity contribution in [1.29, 1.82) is 0 Å². The van der Waals surface area contributed by atoms with Crippen molar-refractivity contribution >= 4 is 27.2 Å². The second-order valence-corrected chi connectivity index (χ2v) is 9.91. The fourth-order valence-corrected chi connectivity index (χ4v) is 5.10. The molecule has 1 saturated carbocycles. The number of carbonyl (C=O) groups excluding carboxylic acids is 2. The largest absolute Gasteiger partial charge is 0.339 e. The van der Waals surface area contributed by atoms with Gasteiger partial charge >= 0.3 is 0 Å². The van der Waals surface area contributed by atoms with E-state index in [0.717, 1.165) is 19.1 Å². The number of sulfone groups is 1. The summed E-state index contributed by atoms with van der Waals surface area (Å²) in [5.41, 5.74) is 0.606. The Bertz CT molecular complexity index is 1030. The average molecular weight is 419 g/mol. The van der Waals surface area contributed by atoms with Crippen LogP contribution in [0.3, 0.4) is 0 Å². The van der Waals surface area contributed by atoms with Gasteiger partial charge < -0.3 is 9.80 Å². The van der Waals surface area contributed by atoms with Gasteiger partial charge in [0.25, 0.3) is 5.91 Å². The Kier molecular flexibility index (Phi) is 5.33. The Balaban J connectivity index is 1.47. The number of nitrogens with zero attached hydrogens (tertiary/aromatic N) is 4. The Morgan fingerprint density at radius 1 is 1.07 bits per heavy atom. The third-order valence-corrected chi connectivity index (χ3v) is 6.86. The molecule has 156 valence electrons. The highest BCUT2D eigenvalue weighted by molar-refractivity contribution is 7.90. The monoisotopic (exact) mass is 418 g/mol. The maximum absolute atomic E-state index is 13.1.